The molecule has 46 heavy (non-hydrogen) atoms. The van der Waals surface area contributed by atoms with Gasteiger partial charge in [-0.05, 0) is 116 Å². The van der Waals surface area contributed by atoms with E-state index in [-0.39, 0.29) is 34.8 Å². The summed E-state index contributed by atoms with van der Waals surface area (Å²) >= 11 is 0. The Kier molecular flexibility index (Phi) is 11.5. The van der Waals surface area contributed by atoms with Crippen LogP contribution in [0.2, 0.25) is 0 Å². The quantitative estimate of drug-likeness (QED) is 0.182. The fourth-order valence-electron chi connectivity index (χ4n) is 9.22. The summed E-state index contributed by atoms with van der Waals surface area (Å²) in [4.78, 5) is 26.8. The van der Waals surface area contributed by atoms with Crippen molar-refractivity contribution in [3.05, 3.63) is 59.2 Å². The molecule has 252 valence electrons. The van der Waals surface area contributed by atoms with Gasteiger partial charge in [-0.1, -0.05) is 58.4 Å². The summed E-state index contributed by atoms with van der Waals surface area (Å²) in [5.74, 6) is 0.885. The second kappa shape index (κ2) is 15.3. The van der Waals surface area contributed by atoms with E-state index in [1.165, 1.54) is 13.3 Å². The number of hydrogen-bond acceptors (Lipinski definition) is 4. The Morgan fingerprint density at radius 2 is 1.67 bits per heavy atom. The van der Waals surface area contributed by atoms with E-state index in [1.807, 2.05) is 17.0 Å². The second-order valence-electron chi connectivity index (χ2n) is 14.7. The monoisotopic (exact) mass is 634 g/mol. The first-order valence-corrected chi connectivity index (χ1v) is 17.9. The van der Waals surface area contributed by atoms with Gasteiger partial charge < -0.3 is 20.4 Å². The van der Waals surface area contributed by atoms with Crippen molar-refractivity contribution in [2.24, 2.45) is 23.2 Å². The number of alkyl halides is 1. The molecule has 0 aromatic heterocycles. The van der Waals surface area contributed by atoms with Gasteiger partial charge in [0.2, 0.25) is 5.91 Å². The second-order valence-corrected chi connectivity index (χ2v) is 14.7. The molecule has 0 radical (unpaired) electrons. The van der Waals surface area contributed by atoms with E-state index in [4.69, 9.17) is 0 Å². The van der Waals surface area contributed by atoms with Gasteiger partial charge in [-0.15, -0.1) is 0 Å². The Morgan fingerprint density at radius 3 is 2.37 bits per heavy atom. The average Bonchev–Trinajstić information content (AvgIpc) is 3.32. The maximum Gasteiger partial charge on any atom is 0.253 e. The number of aliphatic hydroxyl groups is 1. The van der Waals surface area contributed by atoms with E-state index in [1.54, 1.807) is 30.3 Å². The van der Waals surface area contributed by atoms with E-state index in [0.717, 1.165) is 94.8 Å². The maximum atomic E-state index is 16.1. The minimum atomic E-state index is -0.979. The van der Waals surface area contributed by atoms with E-state index in [9.17, 15) is 19.8 Å². The number of nitrogens with one attached hydrogen (secondary N) is 1. The van der Waals surface area contributed by atoms with Crippen LogP contribution in [-0.2, 0) is 11.2 Å². The minimum Gasteiger partial charge on any atom is -0.508 e. The summed E-state index contributed by atoms with van der Waals surface area (Å²) in [6, 6.07) is 12.7. The zero-order valence-corrected chi connectivity index (χ0v) is 28.1. The summed E-state index contributed by atoms with van der Waals surface area (Å²) in [6.07, 6.45) is 11.1. The zero-order chi connectivity index (χ0) is 32.8. The van der Waals surface area contributed by atoms with Crippen LogP contribution in [0.4, 0.5) is 10.1 Å². The van der Waals surface area contributed by atoms with Crippen LogP contribution in [0.5, 0.6) is 5.75 Å². The lowest BCUT2D eigenvalue weighted by molar-refractivity contribution is -0.114. The Labute approximate surface area is 275 Å². The highest BCUT2D eigenvalue weighted by Crippen LogP contribution is 2.63. The molecule has 0 spiro atoms. The van der Waals surface area contributed by atoms with Gasteiger partial charge in [0.05, 0.1) is 6.10 Å². The highest BCUT2D eigenvalue weighted by Gasteiger charge is 2.59. The average molecular weight is 635 g/mol. The number of unbranched alkanes of at least 4 members (excludes halogenated alkanes) is 6. The summed E-state index contributed by atoms with van der Waals surface area (Å²) in [6.45, 7) is 7.25. The van der Waals surface area contributed by atoms with Gasteiger partial charge in [-0.2, -0.15) is 0 Å². The fourth-order valence-corrected chi connectivity index (χ4v) is 9.22. The summed E-state index contributed by atoms with van der Waals surface area (Å²) in [5, 5.41) is 23.9. The molecule has 0 aliphatic heterocycles. The van der Waals surface area contributed by atoms with Gasteiger partial charge in [-0.25, -0.2) is 4.39 Å². The zero-order valence-electron chi connectivity index (χ0n) is 28.1. The van der Waals surface area contributed by atoms with E-state index < -0.39 is 12.3 Å². The number of halogens is 1. The molecule has 7 heteroatoms. The molecule has 3 aliphatic carbocycles. The van der Waals surface area contributed by atoms with Crippen molar-refractivity contribution in [2.45, 2.75) is 122 Å². The number of fused-ring (bicyclic) bond motifs is 5. The number of amides is 2. The van der Waals surface area contributed by atoms with Crippen LogP contribution in [0, 0.1) is 23.2 Å². The van der Waals surface area contributed by atoms with Crippen LogP contribution in [0.15, 0.2) is 42.5 Å². The molecule has 5 rings (SSSR count). The van der Waals surface area contributed by atoms with Crippen LogP contribution in [0.1, 0.15) is 125 Å². The SMILES string of the molecule is CCCCCCN(CCCCCC[C@@H]1Cc2cc(O)ccc2C2C1C1CC[C@H](O)[C@@]1(C)C[C@@H]2F)C(=O)c1ccc(NC(C)=O)cc1. The van der Waals surface area contributed by atoms with Gasteiger partial charge in [0.1, 0.15) is 11.9 Å². The third-order valence-corrected chi connectivity index (χ3v) is 11.5. The minimum absolute atomic E-state index is 0.0425. The van der Waals surface area contributed by atoms with Gasteiger partial charge in [0, 0.05) is 37.2 Å². The van der Waals surface area contributed by atoms with Gasteiger partial charge in [0.25, 0.3) is 5.91 Å². The highest BCUT2D eigenvalue weighted by molar-refractivity contribution is 5.95. The highest BCUT2D eigenvalue weighted by atomic mass is 19.1. The molecule has 2 amide bonds. The van der Waals surface area contributed by atoms with Crippen molar-refractivity contribution in [2.75, 3.05) is 18.4 Å². The largest absolute Gasteiger partial charge is 0.508 e. The van der Waals surface area contributed by atoms with E-state index in [0.29, 0.717) is 29.5 Å². The number of anilines is 1. The van der Waals surface area contributed by atoms with Crippen LogP contribution in [-0.4, -0.2) is 52.3 Å². The number of carbonyl (C=O) groups is 2. The molecule has 6 nitrogen and oxygen atoms in total. The topological polar surface area (TPSA) is 89.9 Å². The van der Waals surface area contributed by atoms with Crippen molar-refractivity contribution in [1.29, 1.82) is 0 Å². The van der Waals surface area contributed by atoms with Gasteiger partial charge in [-0.3, -0.25) is 9.59 Å². The van der Waals surface area contributed by atoms with E-state index >= 15 is 4.39 Å². The standard InChI is InChI=1S/C39H55FN2O4/c1-4-5-6-10-21-42(38(46)27-13-15-30(16-14-27)41-26(2)43)22-11-8-7-9-12-28-23-29-24-31(44)17-18-32(29)37-34(40)25-39(3)33(36(28)37)19-20-35(39)45/h13-18,24,28,33-37,44-45H,4-12,19-23,25H2,1-3H3,(H,41,43)/t28-,33?,34+,35+,36?,37?,39+/m1/s1. The number of hydrogen-bond donors (Lipinski definition) is 3. The molecule has 0 heterocycles. The first-order chi connectivity index (χ1) is 22.1. The first kappa shape index (κ1) is 34.4. The third-order valence-electron chi connectivity index (χ3n) is 11.5. The number of phenolic OH excluding ortho intramolecular Hbond substituents is 1. The molecular weight excluding hydrogens is 579 g/mol. The number of nitrogens with zero attached hydrogens (tertiary/aromatic N) is 1. The predicted octanol–water partition coefficient (Wildman–Crippen LogP) is 8.41. The molecule has 7 atom stereocenters. The predicted molar refractivity (Wildman–Crippen MR) is 182 cm³/mol. The number of phenols is 1. The number of rotatable bonds is 14. The molecular formula is C39H55FN2O4. The van der Waals surface area contributed by atoms with E-state index in [2.05, 4.69) is 19.2 Å². The van der Waals surface area contributed by atoms with Crippen LogP contribution >= 0.6 is 0 Å². The van der Waals surface area contributed by atoms with Crippen molar-refractivity contribution in [1.82, 2.24) is 4.90 Å². The lowest BCUT2D eigenvalue weighted by atomic mass is 9.51. The van der Waals surface area contributed by atoms with Crippen molar-refractivity contribution in [3.63, 3.8) is 0 Å². The molecule has 2 aromatic carbocycles. The van der Waals surface area contributed by atoms with Crippen molar-refractivity contribution >= 4 is 17.5 Å². The Bertz CT molecular complexity index is 1330. The van der Waals surface area contributed by atoms with Crippen molar-refractivity contribution in [3.8, 4) is 5.75 Å². The number of benzene rings is 2. The van der Waals surface area contributed by atoms with Crippen LogP contribution in [0.25, 0.3) is 0 Å². The summed E-state index contributed by atoms with van der Waals surface area (Å²) in [7, 11) is 0. The van der Waals surface area contributed by atoms with Crippen LogP contribution in [0.3, 0.4) is 0 Å². The molecule has 3 aliphatic rings. The maximum absolute atomic E-state index is 16.1. The first-order valence-electron chi connectivity index (χ1n) is 17.9. The third kappa shape index (κ3) is 7.61. The Hall–Kier alpha value is -2.93. The lowest BCUT2D eigenvalue weighted by Crippen LogP contribution is -2.51. The molecule has 3 unspecified atom stereocenters. The molecule has 3 N–H and O–H groups in total. The lowest BCUT2D eigenvalue weighted by Gasteiger charge is -2.54. The van der Waals surface area contributed by atoms with Gasteiger partial charge in [0.15, 0.2) is 0 Å². The number of aliphatic hydroxyl groups excluding tert-OH is 1. The summed E-state index contributed by atoms with van der Waals surface area (Å²) in [5.41, 5.74) is 3.14. The molecule has 0 bridgehead atoms. The Balaban J connectivity index is 1.18. The molecule has 2 fully saturated rings. The molecule has 2 saturated carbocycles. The van der Waals surface area contributed by atoms with Crippen LogP contribution < -0.4 is 5.32 Å². The summed E-state index contributed by atoms with van der Waals surface area (Å²) < 4.78 is 16.1. The van der Waals surface area contributed by atoms with Gasteiger partial charge >= 0.3 is 0 Å². The Morgan fingerprint density at radius 1 is 0.978 bits per heavy atom. The molecule has 0 saturated heterocycles. The smallest absolute Gasteiger partial charge is 0.253 e. The normalized spacial score (nSPS) is 28.2. The number of carbonyl (C=O) groups excluding carboxylic acids is 2. The fraction of sp³-hybridized carbons (Fsp3) is 0.641. The van der Waals surface area contributed by atoms with Crippen molar-refractivity contribution < 1.29 is 24.2 Å². The molecule has 2 aromatic rings. The number of aromatic hydroxyl groups is 1.